The van der Waals surface area contributed by atoms with Gasteiger partial charge in [0.05, 0.1) is 6.20 Å². The summed E-state index contributed by atoms with van der Waals surface area (Å²) in [4.78, 5) is 7.71. The van der Waals surface area contributed by atoms with Gasteiger partial charge in [0.2, 0.25) is 11.2 Å². The summed E-state index contributed by atoms with van der Waals surface area (Å²) in [6.45, 7) is 1.92. The van der Waals surface area contributed by atoms with E-state index in [4.69, 9.17) is 27.9 Å². The molecular formula is C9H11Cl2N3O. The fourth-order valence-corrected chi connectivity index (χ4v) is 1.75. The molecule has 1 aromatic rings. The van der Waals surface area contributed by atoms with E-state index in [0.717, 1.165) is 25.9 Å². The molecule has 0 bridgehead atoms. The Bertz CT molecular complexity index is 342. The number of hydrogen-bond donors (Lipinski definition) is 1. The Balaban J connectivity index is 2.05. The van der Waals surface area contributed by atoms with E-state index >= 15 is 0 Å². The maximum atomic E-state index is 5.89. The van der Waals surface area contributed by atoms with Crippen molar-refractivity contribution < 1.29 is 4.74 Å². The lowest BCUT2D eigenvalue weighted by Gasteiger charge is -2.23. The molecule has 0 unspecified atom stereocenters. The number of aromatic nitrogens is 2. The van der Waals surface area contributed by atoms with E-state index in [1.165, 1.54) is 6.20 Å². The fourth-order valence-electron chi connectivity index (χ4n) is 1.49. The Hall–Kier alpha value is -0.580. The molecule has 1 saturated heterocycles. The van der Waals surface area contributed by atoms with Crippen LogP contribution in [-0.2, 0) is 0 Å². The second-order valence-corrected chi connectivity index (χ2v) is 4.10. The van der Waals surface area contributed by atoms with Gasteiger partial charge in [0.1, 0.15) is 11.1 Å². The summed E-state index contributed by atoms with van der Waals surface area (Å²) in [5.74, 6) is 0.378. The lowest BCUT2D eigenvalue weighted by molar-refractivity contribution is 0.156. The van der Waals surface area contributed by atoms with Crippen molar-refractivity contribution in [3.8, 4) is 5.88 Å². The van der Waals surface area contributed by atoms with Crippen LogP contribution in [0.15, 0.2) is 6.20 Å². The molecule has 2 heterocycles. The zero-order valence-electron chi connectivity index (χ0n) is 8.04. The largest absolute Gasteiger partial charge is 0.473 e. The number of halogens is 2. The Labute approximate surface area is 98.0 Å². The van der Waals surface area contributed by atoms with E-state index in [1.54, 1.807) is 0 Å². The highest BCUT2D eigenvalue weighted by Crippen LogP contribution is 2.24. The number of ether oxygens (including phenoxy) is 1. The first-order chi connectivity index (χ1) is 7.25. The zero-order chi connectivity index (χ0) is 10.7. The first-order valence-corrected chi connectivity index (χ1v) is 5.57. The van der Waals surface area contributed by atoms with Crippen LogP contribution >= 0.6 is 23.2 Å². The number of rotatable bonds is 2. The second kappa shape index (κ2) is 4.96. The van der Waals surface area contributed by atoms with E-state index in [-0.39, 0.29) is 11.4 Å². The van der Waals surface area contributed by atoms with Gasteiger partial charge in [-0.3, -0.25) is 0 Å². The molecule has 0 amide bonds. The lowest BCUT2D eigenvalue weighted by atomic mass is 10.1. The van der Waals surface area contributed by atoms with Crippen LogP contribution in [0.3, 0.4) is 0 Å². The zero-order valence-corrected chi connectivity index (χ0v) is 9.55. The Morgan fingerprint density at radius 2 is 2.07 bits per heavy atom. The predicted molar refractivity (Wildman–Crippen MR) is 58.6 cm³/mol. The van der Waals surface area contributed by atoms with Crippen LogP contribution < -0.4 is 10.1 Å². The maximum absolute atomic E-state index is 5.89. The highest BCUT2D eigenvalue weighted by atomic mass is 35.5. The van der Waals surface area contributed by atoms with Gasteiger partial charge in [-0.15, -0.1) is 0 Å². The third kappa shape index (κ3) is 2.93. The molecule has 1 aliphatic heterocycles. The van der Waals surface area contributed by atoms with Crippen molar-refractivity contribution in [2.45, 2.75) is 18.9 Å². The van der Waals surface area contributed by atoms with Crippen LogP contribution in [0.5, 0.6) is 5.88 Å². The minimum absolute atomic E-state index is 0.156. The summed E-state index contributed by atoms with van der Waals surface area (Å²) in [5, 5.41) is 3.81. The van der Waals surface area contributed by atoms with Crippen molar-refractivity contribution in [2.24, 2.45) is 0 Å². The van der Waals surface area contributed by atoms with Crippen LogP contribution in [0.4, 0.5) is 0 Å². The van der Waals surface area contributed by atoms with Crippen molar-refractivity contribution in [3.05, 3.63) is 16.5 Å². The van der Waals surface area contributed by atoms with Gasteiger partial charge in [-0.2, -0.15) is 4.98 Å². The van der Waals surface area contributed by atoms with Crippen molar-refractivity contribution in [2.75, 3.05) is 13.1 Å². The van der Waals surface area contributed by atoms with Crippen molar-refractivity contribution in [1.29, 1.82) is 0 Å². The molecule has 15 heavy (non-hydrogen) atoms. The molecule has 0 atom stereocenters. The summed E-state index contributed by atoms with van der Waals surface area (Å²) in [6, 6.07) is 0. The Morgan fingerprint density at radius 1 is 1.33 bits per heavy atom. The van der Waals surface area contributed by atoms with Crippen LogP contribution in [0.1, 0.15) is 12.8 Å². The van der Waals surface area contributed by atoms with E-state index in [1.807, 2.05) is 0 Å². The third-order valence-electron chi connectivity index (χ3n) is 2.25. The number of nitrogens with zero attached hydrogens (tertiary/aromatic N) is 2. The van der Waals surface area contributed by atoms with E-state index < -0.39 is 0 Å². The van der Waals surface area contributed by atoms with Gasteiger partial charge in [-0.05, 0) is 37.5 Å². The Kier molecular flexibility index (Phi) is 3.61. The molecule has 0 aliphatic carbocycles. The summed E-state index contributed by atoms with van der Waals surface area (Å²) >= 11 is 11.6. The minimum Gasteiger partial charge on any atom is -0.473 e. The molecule has 1 aliphatic rings. The molecule has 0 aromatic carbocycles. The van der Waals surface area contributed by atoms with Crippen LogP contribution in [0, 0.1) is 0 Å². The van der Waals surface area contributed by atoms with Crippen LogP contribution in [0.25, 0.3) is 0 Å². The van der Waals surface area contributed by atoms with Crippen molar-refractivity contribution in [1.82, 2.24) is 15.3 Å². The van der Waals surface area contributed by atoms with Gasteiger partial charge in [-0.25, -0.2) is 4.98 Å². The van der Waals surface area contributed by atoms with E-state index in [2.05, 4.69) is 15.3 Å². The number of hydrogen-bond acceptors (Lipinski definition) is 4. The second-order valence-electron chi connectivity index (χ2n) is 3.36. The average Bonchev–Trinajstić information content (AvgIpc) is 2.25. The molecule has 82 valence electrons. The molecule has 0 saturated carbocycles. The van der Waals surface area contributed by atoms with Crippen LogP contribution in [0.2, 0.25) is 10.3 Å². The molecule has 4 nitrogen and oxygen atoms in total. The number of piperidine rings is 1. The van der Waals surface area contributed by atoms with Gasteiger partial charge in [0.15, 0.2) is 0 Å². The highest BCUT2D eigenvalue weighted by Gasteiger charge is 2.17. The molecule has 1 fully saturated rings. The fraction of sp³-hybridized carbons (Fsp3) is 0.556. The predicted octanol–water partition coefficient (Wildman–Crippen LogP) is 1.91. The normalized spacial score (nSPS) is 17.7. The first-order valence-electron chi connectivity index (χ1n) is 4.81. The number of nitrogens with one attached hydrogen (secondary N) is 1. The molecule has 2 rings (SSSR count). The monoisotopic (exact) mass is 247 g/mol. The van der Waals surface area contributed by atoms with Crippen LogP contribution in [-0.4, -0.2) is 29.2 Å². The Morgan fingerprint density at radius 3 is 2.80 bits per heavy atom. The molecule has 0 radical (unpaired) electrons. The third-order valence-corrected chi connectivity index (χ3v) is 2.69. The molecule has 6 heteroatoms. The van der Waals surface area contributed by atoms with Crippen molar-refractivity contribution in [3.63, 3.8) is 0 Å². The van der Waals surface area contributed by atoms with E-state index in [0.29, 0.717) is 10.9 Å². The van der Waals surface area contributed by atoms with Gasteiger partial charge in [-0.1, -0.05) is 11.6 Å². The average molecular weight is 248 g/mol. The highest BCUT2D eigenvalue weighted by molar-refractivity contribution is 6.32. The van der Waals surface area contributed by atoms with E-state index in [9.17, 15) is 0 Å². The molecular weight excluding hydrogens is 237 g/mol. The maximum Gasteiger partial charge on any atom is 0.237 e. The van der Waals surface area contributed by atoms with Gasteiger partial charge < -0.3 is 10.1 Å². The van der Waals surface area contributed by atoms with Crippen molar-refractivity contribution >= 4 is 23.2 Å². The topological polar surface area (TPSA) is 47.0 Å². The lowest BCUT2D eigenvalue weighted by Crippen LogP contribution is -2.34. The quantitative estimate of drug-likeness (QED) is 0.812. The summed E-state index contributed by atoms with van der Waals surface area (Å²) in [5.41, 5.74) is 0. The van der Waals surface area contributed by atoms with Gasteiger partial charge in [0, 0.05) is 0 Å². The van der Waals surface area contributed by atoms with Gasteiger partial charge in [0.25, 0.3) is 0 Å². The summed E-state index contributed by atoms with van der Waals surface area (Å²) in [6.07, 6.45) is 3.53. The summed E-state index contributed by atoms with van der Waals surface area (Å²) < 4.78 is 5.66. The molecule has 1 aromatic heterocycles. The van der Waals surface area contributed by atoms with Gasteiger partial charge >= 0.3 is 0 Å². The molecule has 1 N–H and O–H groups in total. The first kappa shape index (κ1) is 10.9. The molecule has 0 spiro atoms. The minimum atomic E-state index is 0.156. The summed E-state index contributed by atoms with van der Waals surface area (Å²) in [7, 11) is 0. The smallest absolute Gasteiger partial charge is 0.237 e. The SMILES string of the molecule is Clc1ncc(Cl)c(OC2CCNCC2)n1. The standard InChI is InChI=1S/C9H11Cl2N3O/c10-7-5-13-9(11)14-8(7)15-6-1-3-12-4-2-6/h5-6,12H,1-4H2.